The number of hydrogen-bond donors (Lipinski definition) is 0. The Bertz CT molecular complexity index is 1710. The molecule has 0 unspecified atom stereocenters. The number of hydrogen-bond acceptors (Lipinski definition) is 1. The van der Waals surface area contributed by atoms with Crippen molar-refractivity contribution in [1.82, 2.24) is 0 Å². The molecule has 0 amide bonds. The van der Waals surface area contributed by atoms with Gasteiger partial charge in [0.05, 0.1) is 5.41 Å². The van der Waals surface area contributed by atoms with Crippen LogP contribution in [0, 0.1) is 0 Å². The number of rotatable bonds is 25. The molecule has 0 fully saturated rings. The topological polar surface area (TPSA) is 6.25 Å². The van der Waals surface area contributed by atoms with Crippen molar-refractivity contribution < 1.29 is 4.58 Å². The molecule has 2 heterocycles. The monoisotopic (exact) mass is 792 g/mol. The number of halogens is 1. The number of fused-ring (bicyclic) bond motifs is 2. The minimum atomic E-state index is -0.0445. The van der Waals surface area contributed by atoms with Gasteiger partial charge in [0.2, 0.25) is 5.69 Å². The maximum absolute atomic E-state index is 7.37. The van der Waals surface area contributed by atoms with Crippen molar-refractivity contribution in [3.8, 4) is 0 Å². The van der Waals surface area contributed by atoms with Gasteiger partial charge >= 0.3 is 0 Å². The first kappa shape index (κ1) is 45.2. The van der Waals surface area contributed by atoms with Gasteiger partial charge in [-0.3, -0.25) is 0 Å². The highest BCUT2D eigenvalue weighted by Crippen LogP contribution is 2.48. The van der Waals surface area contributed by atoms with Crippen LogP contribution in [0.1, 0.15) is 200 Å². The summed E-state index contributed by atoms with van der Waals surface area (Å²) in [5.41, 5.74) is 10.9. The van der Waals surface area contributed by atoms with E-state index in [1.165, 1.54) is 173 Å². The summed E-state index contributed by atoms with van der Waals surface area (Å²) in [7, 11) is 0. The lowest BCUT2D eigenvalue weighted by atomic mass is 9.81. The highest BCUT2D eigenvalue weighted by atomic mass is 35.5. The van der Waals surface area contributed by atoms with Crippen LogP contribution in [0.15, 0.2) is 94.7 Å². The van der Waals surface area contributed by atoms with E-state index in [0.717, 1.165) is 37.4 Å². The van der Waals surface area contributed by atoms with Crippen molar-refractivity contribution in [1.29, 1.82) is 0 Å². The predicted octanol–water partition coefficient (Wildman–Crippen LogP) is 16.7. The largest absolute Gasteiger partial charge is 0.344 e. The molecule has 2 aliphatic heterocycles. The Morgan fingerprint density at radius 1 is 0.596 bits per heavy atom. The fraction of sp³-hybridized carbons (Fsp3) is 0.611. The van der Waals surface area contributed by atoms with Crippen LogP contribution in [-0.4, -0.2) is 23.4 Å². The normalized spacial score (nSPS) is 18.8. The van der Waals surface area contributed by atoms with Gasteiger partial charge in [0, 0.05) is 52.5 Å². The molecule has 0 saturated heterocycles. The number of unbranched alkanes of at least 4 members (excludes halogenated alkanes) is 18. The third-order valence-electron chi connectivity index (χ3n) is 13.4. The lowest BCUT2D eigenvalue weighted by molar-refractivity contribution is -0.438. The summed E-state index contributed by atoms with van der Waals surface area (Å²) in [6.07, 6.45) is 40.1. The maximum atomic E-state index is 7.37. The van der Waals surface area contributed by atoms with E-state index in [1.807, 2.05) is 0 Å². The average molecular weight is 793 g/mol. The summed E-state index contributed by atoms with van der Waals surface area (Å²) in [6, 6.07) is 18.2. The maximum Gasteiger partial charge on any atom is 0.209 e. The summed E-state index contributed by atoms with van der Waals surface area (Å²) in [6.45, 7) is 16.4. The summed E-state index contributed by atoms with van der Waals surface area (Å²) >= 11 is 7.37. The lowest BCUT2D eigenvalue weighted by Gasteiger charge is -2.27. The molecule has 0 bridgehead atoms. The van der Waals surface area contributed by atoms with Crippen molar-refractivity contribution in [2.45, 2.75) is 200 Å². The van der Waals surface area contributed by atoms with E-state index in [4.69, 9.17) is 11.6 Å². The predicted molar refractivity (Wildman–Crippen MR) is 252 cm³/mol. The van der Waals surface area contributed by atoms with Crippen LogP contribution in [-0.2, 0) is 10.8 Å². The first-order chi connectivity index (χ1) is 27.7. The Hall–Kier alpha value is -2.84. The van der Waals surface area contributed by atoms with Gasteiger partial charge in [-0.2, -0.15) is 4.58 Å². The molecule has 5 rings (SSSR count). The van der Waals surface area contributed by atoms with Gasteiger partial charge in [0.25, 0.3) is 0 Å². The van der Waals surface area contributed by atoms with Crippen LogP contribution in [0.5, 0.6) is 0 Å². The van der Waals surface area contributed by atoms with Crippen molar-refractivity contribution in [2.24, 2.45) is 0 Å². The standard InChI is InChI=1S/C54H80ClN2/c1-7-9-11-13-15-17-19-21-23-29-42-56-48-36-27-25-34-46(48)53(3,4)50(56)40-38-44-32-31-33-45(52(44)55)39-41-51-54(5,6)47-35-26-28-37-49(47)57(51)43-30-24-22-20-18-16-14-12-10-8-2/h25-28,34-41H,7-24,29-33,42-43H2,1-6H3/q+1. The fourth-order valence-corrected chi connectivity index (χ4v) is 10.2. The van der Waals surface area contributed by atoms with Gasteiger partial charge in [0.1, 0.15) is 6.54 Å². The average Bonchev–Trinajstić information content (AvgIpc) is 3.56. The summed E-state index contributed by atoms with van der Waals surface area (Å²) in [4.78, 5) is 2.62. The molecule has 312 valence electrons. The first-order valence-corrected chi connectivity index (χ1v) is 24.2. The minimum absolute atomic E-state index is 0.0445. The third-order valence-corrected chi connectivity index (χ3v) is 13.9. The minimum Gasteiger partial charge on any atom is -0.344 e. The molecule has 0 saturated carbocycles. The van der Waals surface area contributed by atoms with E-state index in [2.05, 4.69) is 124 Å². The molecule has 0 N–H and O–H groups in total. The van der Waals surface area contributed by atoms with Crippen LogP contribution in [0.4, 0.5) is 11.4 Å². The van der Waals surface area contributed by atoms with Crippen molar-refractivity contribution in [3.63, 3.8) is 0 Å². The summed E-state index contributed by atoms with van der Waals surface area (Å²) in [5.74, 6) is 0. The third kappa shape index (κ3) is 12.1. The van der Waals surface area contributed by atoms with Crippen molar-refractivity contribution in [2.75, 3.05) is 18.0 Å². The second-order valence-electron chi connectivity index (χ2n) is 18.6. The molecular weight excluding hydrogens is 712 g/mol. The van der Waals surface area contributed by atoms with E-state index < -0.39 is 0 Å². The molecular formula is C54H80ClN2+. The van der Waals surface area contributed by atoms with Gasteiger partial charge in [-0.25, -0.2) is 0 Å². The molecule has 1 aliphatic carbocycles. The van der Waals surface area contributed by atoms with Gasteiger partial charge in [-0.1, -0.05) is 197 Å². The summed E-state index contributed by atoms with van der Waals surface area (Å²) < 4.78 is 2.62. The second-order valence-corrected chi connectivity index (χ2v) is 19.0. The van der Waals surface area contributed by atoms with Crippen LogP contribution in [0.25, 0.3) is 0 Å². The quantitative estimate of drug-likeness (QED) is 0.0717. The van der Waals surface area contributed by atoms with Crippen LogP contribution in [0.3, 0.4) is 0 Å². The molecule has 0 radical (unpaired) electrons. The Labute approximate surface area is 355 Å². The Morgan fingerprint density at radius 3 is 1.77 bits per heavy atom. The molecule has 2 aromatic rings. The Kier molecular flexibility index (Phi) is 18.3. The molecule has 0 spiro atoms. The highest BCUT2D eigenvalue weighted by molar-refractivity contribution is 6.32. The molecule has 2 nitrogen and oxygen atoms in total. The first-order valence-electron chi connectivity index (χ1n) is 23.8. The Morgan fingerprint density at radius 2 is 1.14 bits per heavy atom. The van der Waals surface area contributed by atoms with Gasteiger partial charge in [-0.15, -0.1) is 0 Å². The van der Waals surface area contributed by atoms with Crippen molar-refractivity contribution >= 4 is 28.7 Å². The molecule has 0 aromatic heterocycles. The van der Waals surface area contributed by atoms with Gasteiger partial charge in [-0.05, 0) is 74.8 Å². The van der Waals surface area contributed by atoms with Crippen LogP contribution >= 0.6 is 11.6 Å². The fourth-order valence-electron chi connectivity index (χ4n) is 9.85. The zero-order valence-corrected chi connectivity index (χ0v) is 38.1. The number of benzene rings is 2. The number of allylic oxidation sites excluding steroid dienone is 8. The molecule has 2 aromatic carbocycles. The summed E-state index contributed by atoms with van der Waals surface area (Å²) in [5, 5.41) is 0.957. The number of anilines is 1. The van der Waals surface area contributed by atoms with E-state index in [9.17, 15) is 0 Å². The molecule has 57 heavy (non-hydrogen) atoms. The molecule has 0 atom stereocenters. The van der Waals surface area contributed by atoms with E-state index in [1.54, 1.807) is 0 Å². The SMILES string of the molecule is CCCCCCCCCCCCN1/C(=C/C=C2\CCCC(/C=C/C3=[N+](CCCCCCCCCCCC)c4ccccc4C3(C)C)=C2Cl)C(C)(C)c2ccccc21. The Balaban J connectivity index is 1.27. The lowest BCUT2D eigenvalue weighted by Crippen LogP contribution is -2.28. The van der Waals surface area contributed by atoms with Crippen molar-refractivity contribution in [3.05, 3.63) is 106 Å². The molecule has 3 heteroatoms. The number of para-hydroxylation sites is 2. The van der Waals surface area contributed by atoms with E-state index >= 15 is 0 Å². The zero-order chi connectivity index (χ0) is 40.5. The van der Waals surface area contributed by atoms with E-state index in [-0.39, 0.29) is 10.8 Å². The van der Waals surface area contributed by atoms with Crippen LogP contribution in [0.2, 0.25) is 0 Å². The number of nitrogens with zero attached hydrogens (tertiary/aromatic N) is 2. The zero-order valence-electron chi connectivity index (χ0n) is 37.4. The van der Waals surface area contributed by atoms with E-state index in [0.29, 0.717) is 0 Å². The molecule has 3 aliphatic rings. The van der Waals surface area contributed by atoms with Gasteiger partial charge in [0.15, 0.2) is 5.71 Å². The van der Waals surface area contributed by atoms with Crippen LogP contribution < -0.4 is 4.90 Å². The smallest absolute Gasteiger partial charge is 0.209 e. The highest BCUT2D eigenvalue weighted by Gasteiger charge is 2.44. The second kappa shape index (κ2) is 23.1. The van der Waals surface area contributed by atoms with Gasteiger partial charge < -0.3 is 4.90 Å².